The van der Waals surface area contributed by atoms with Crippen molar-refractivity contribution >= 4 is 17.6 Å². The molecule has 1 aliphatic rings. The summed E-state index contributed by atoms with van der Waals surface area (Å²) in [6.45, 7) is 5.44. The molecule has 1 aliphatic carbocycles. The maximum absolute atomic E-state index is 11.6. The minimum absolute atomic E-state index is 0.222. The van der Waals surface area contributed by atoms with Crippen molar-refractivity contribution in [2.75, 3.05) is 5.32 Å². The van der Waals surface area contributed by atoms with Crippen molar-refractivity contribution in [2.45, 2.75) is 39.2 Å². The smallest absolute Gasteiger partial charge is 0.412 e. The fourth-order valence-corrected chi connectivity index (χ4v) is 1.95. The molecule has 1 N–H and O–H groups in total. The van der Waals surface area contributed by atoms with Gasteiger partial charge in [0.2, 0.25) is 0 Å². The van der Waals surface area contributed by atoms with Crippen LogP contribution in [0.4, 0.5) is 10.5 Å². The summed E-state index contributed by atoms with van der Waals surface area (Å²) in [6.07, 6.45) is 0.480. The molecule has 1 amide bonds. The van der Waals surface area contributed by atoms with Gasteiger partial charge in [-0.25, -0.2) is 4.79 Å². The van der Waals surface area contributed by atoms with Crippen LogP contribution in [0.25, 0.3) is 0 Å². The molecule has 0 aromatic heterocycles. The van der Waals surface area contributed by atoms with E-state index in [2.05, 4.69) is 5.32 Å². The Balaban J connectivity index is 2.05. The second kappa shape index (κ2) is 4.44. The Morgan fingerprint density at radius 2 is 1.89 bits per heavy atom. The lowest BCUT2D eigenvalue weighted by atomic mass is 10.1. The molecule has 0 fully saturated rings. The minimum Gasteiger partial charge on any atom is -0.444 e. The number of ether oxygens (including phenoxy) is 1. The number of amides is 1. The van der Waals surface area contributed by atoms with E-state index in [9.17, 15) is 9.59 Å². The van der Waals surface area contributed by atoms with Gasteiger partial charge in [-0.1, -0.05) is 6.07 Å². The molecule has 0 bridgehead atoms. The van der Waals surface area contributed by atoms with Crippen LogP contribution in [-0.2, 0) is 22.4 Å². The van der Waals surface area contributed by atoms with Gasteiger partial charge in [0.15, 0.2) is 0 Å². The Morgan fingerprint density at radius 3 is 2.56 bits per heavy atom. The molecule has 4 heteroatoms. The molecule has 0 unspecified atom stereocenters. The molecule has 0 saturated heterocycles. The molecule has 0 spiro atoms. The largest absolute Gasteiger partial charge is 0.444 e. The normalized spacial score (nSPS) is 14.3. The van der Waals surface area contributed by atoms with Gasteiger partial charge in [-0.15, -0.1) is 0 Å². The van der Waals surface area contributed by atoms with Crippen LogP contribution in [0, 0.1) is 0 Å². The zero-order chi connectivity index (χ0) is 13.3. The fraction of sp³-hybridized carbons (Fsp3) is 0.429. The molecule has 96 valence electrons. The van der Waals surface area contributed by atoms with Crippen LogP contribution in [0.15, 0.2) is 18.2 Å². The van der Waals surface area contributed by atoms with Gasteiger partial charge in [0.05, 0.1) is 0 Å². The minimum atomic E-state index is -0.517. The summed E-state index contributed by atoms with van der Waals surface area (Å²) in [5.74, 6) is 0.222. The number of benzene rings is 1. The molecular weight excluding hydrogens is 230 g/mol. The summed E-state index contributed by atoms with van der Waals surface area (Å²) in [5.41, 5.74) is 2.19. The number of rotatable bonds is 1. The Hall–Kier alpha value is -1.84. The number of anilines is 1. The van der Waals surface area contributed by atoms with Gasteiger partial charge in [-0.05, 0) is 44.0 Å². The highest BCUT2D eigenvalue weighted by atomic mass is 16.6. The highest BCUT2D eigenvalue weighted by Crippen LogP contribution is 2.23. The highest BCUT2D eigenvalue weighted by molar-refractivity contribution is 5.90. The zero-order valence-electron chi connectivity index (χ0n) is 10.9. The topological polar surface area (TPSA) is 55.4 Å². The predicted octanol–water partition coefficient (Wildman–Crippen LogP) is 2.70. The molecule has 0 atom stereocenters. The summed E-state index contributed by atoms with van der Waals surface area (Å²) < 4.78 is 5.17. The van der Waals surface area contributed by atoms with Gasteiger partial charge >= 0.3 is 6.09 Å². The molecule has 0 radical (unpaired) electrons. The van der Waals surface area contributed by atoms with Gasteiger partial charge in [0, 0.05) is 18.5 Å². The summed E-state index contributed by atoms with van der Waals surface area (Å²) in [4.78, 5) is 22.9. The highest BCUT2D eigenvalue weighted by Gasteiger charge is 2.20. The van der Waals surface area contributed by atoms with E-state index < -0.39 is 11.7 Å². The summed E-state index contributed by atoms with van der Waals surface area (Å²) >= 11 is 0. The Bertz CT molecular complexity index is 500. The van der Waals surface area contributed by atoms with E-state index in [0.717, 1.165) is 11.1 Å². The Labute approximate surface area is 106 Å². The van der Waals surface area contributed by atoms with Gasteiger partial charge < -0.3 is 4.74 Å². The quantitative estimate of drug-likeness (QED) is 0.830. The van der Waals surface area contributed by atoms with Crippen molar-refractivity contribution in [3.8, 4) is 0 Å². The predicted molar refractivity (Wildman–Crippen MR) is 68.7 cm³/mol. The van der Waals surface area contributed by atoms with Crippen LogP contribution in [0.2, 0.25) is 0 Å². The van der Waals surface area contributed by atoms with Crippen LogP contribution < -0.4 is 5.32 Å². The molecule has 0 saturated carbocycles. The second-order valence-electron chi connectivity index (χ2n) is 5.50. The van der Waals surface area contributed by atoms with Crippen molar-refractivity contribution in [2.24, 2.45) is 0 Å². The van der Waals surface area contributed by atoms with Crippen molar-refractivity contribution in [1.29, 1.82) is 0 Å². The first-order chi connectivity index (χ1) is 8.33. The zero-order valence-corrected chi connectivity index (χ0v) is 10.9. The molecular formula is C14H17NO3. The van der Waals surface area contributed by atoms with Crippen molar-refractivity contribution in [3.63, 3.8) is 0 Å². The van der Waals surface area contributed by atoms with Crippen LogP contribution >= 0.6 is 0 Å². The van der Waals surface area contributed by atoms with E-state index in [4.69, 9.17) is 4.74 Å². The molecule has 2 rings (SSSR count). The van der Waals surface area contributed by atoms with Crippen molar-refractivity contribution < 1.29 is 14.3 Å². The number of nitrogens with one attached hydrogen (secondary N) is 1. The standard InChI is InChI=1S/C14H17NO3/c1-14(2,3)18-13(17)15-11-5-4-9-7-12(16)8-10(9)6-11/h4-6H,7-8H2,1-3H3,(H,15,17). The van der Waals surface area contributed by atoms with Gasteiger partial charge in [-0.3, -0.25) is 10.1 Å². The van der Waals surface area contributed by atoms with E-state index in [1.54, 1.807) is 6.07 Å². The molecule has 1 aromatic carbocycles. The summed E-state index contributed by atoms with van der Waals surface area (Å²) in [6, 6.07) is 5.51. The fourth-order valence-electron chi connectivity index (χ4n) is 1.95. The molecule has 4 nitrogen and oxygen atoms in total. The molecule has 0 heterocycles. The van der Waals surface area contributed by atoms with E-state index in [1.807, 2.05) is 32.9 Å². The van der Waals surface area contributed by atoms with Crippen LogP contribution in [0.1, 0.15) is 31.9 Å². The number of carbonyl (C=O) groups excluding carboxylic acids is 2. The Morgan fingerprint density at radius 1 is 1.22 bits per heavy atom. The van der Waals surface area contributed by atoms with E-state index in [1.165, 1.54) is 0 Å². The number of hydrogen-bond donors (Lipinski definition) is 1. The van der Waals surface area contributed by atoms with Crippen LogP contribution in [0.5, 0.6) is 0 Å². The number of carbonyl (C=O) groups is 2. The van der Waals surface area contributed by atoms with E-state index in [0.29, 0.717) is 18.5 Å². The SMILES string of the molecule is CC(C)(C)OC(=O)Nc1ccc2c(c1)CC(=O)C2. The first-order valence-electron chi connectivity index (χ1n) is 5.97. The average molecular weight is 247 g/mol. The Kier molecular flexibility index (Phi) is 3.11. The average Bonchev–Trinajstić information content (AvgIpc) is 2.53. The van der Waals surface area contributed by atoms with Gasteiger partial charge in [-0.2, -0.15) is 0 Å². The van der Waals surface area contributed by atoms with Crippen LogP contribution in [-0.4, -0.2) is 17.5 Å². The lowest BCUT2D eigenvalue weighted by Gasteiger charge is -2.19. The third-order valence-electron chi connectivity index (χ3n) is 2.63. The van der Waals surface area contributed by atoms with Gasteiger partial charge in [0.25, 0.3) is 0 Å². The molecule has 1 aromatic rings. The third-order valence-corrected chi connectivity index (χ3v) is 2.63. The van der Waals surface area contributed by atoms with Crippen molar-refractivity contribution in [3.05, 3.63) is 29.3 Å². The number of fused-ring (bicyclic) bond motifs is 1. The second-order valence-corrected chi connectivity index (χ2v) is 5.50. The lowest BCUT2D eigenvalue weighted by molar-refractivity contribution is -0.117. The first kappa shape index (κ1) is 12.6. The maximum atomic E-state index is 11.6. The number of Topliss-reactive ketones (excluding diaryl/α,β-unsaturated/α-hetero) is 1. The van der Waals surface area contributed by atoms with Crippen molar-refractivity contribution in [1.82, 2.24) is 0 Å². The van der Waals surface area contributed by atoms with Gasteiger partial charge in [0.1, 0.15) is 11.4 Å². The number of hydrogen-bond acceptors (Lipinski definition) is 3. The first-order valence-corrected chi connectivity index (χ1v) is 5.97. The molecule has 18 heavy (non-hydrogen) atoms. The van der Waals surface area contributed by atoms with E-state index in [-0.39, 0.29) is 5.78 Å². The number of ketones is 1. The molecule has 0 aliphatic heterocycles. The van der Waals surface area contributed by atoms with E-state index >= 15 is 0 Å². The third kappa shape index (κ3) is 3.09. The maximum Gasteiger partial charge on any atom is 0.412 e. The lowest BCUT2D eigenvalue weighted by Crippen LogP contribution is -2.27. The summed E-state index contributed by atoms with van der Waals surface area (Å²) in [7, 11) is 0. The summed E-state index contributed by atoms with van der Waals surface area (Å²) in [5, 5.41) is 2.67. The monoisotopic (exact) mass is 247 g/mol. The van der Waals surface area contributed by atoms with Crippen LogP contribution in [0.3, 0.4) is 0 Å².